The van der Waals surface area contributed by atoms with E-state index in [1.165, 1.54) is 0 Å². The molecule has 1 saturated heterocycles. The molecule has 26 heavy (non-hydrogen) atoms. The van der Waals surface area contributed by atoms with Crippen LogP contribution >= 0.6 is 0 Å². The van der Waals surface area contributed by atoms with Gasteiger partial charge in [0.2, 0.25) is 0 Å². The highest BCUT2D eigenvalue weighted by atomic mass is 15.3. The maximum absolute atomic E-state index is 9.70. The fourth-order valence-corrected chi connectivity index (χ4v) is 3.63. The molecule has 0 aliphatic carbocycles. The van der Waals surface area contributed by atoms with Crippen LogP contribution in [0.5, 0.6) is 0 Å². The highest BCUT2D eigenvalue weighted by molar-refractivity contribution is 5.58. The van der Waals surface area contributed by atoms with Gasteiger partial charge in [-0.25, -0.2) is 0 Å². The lowest BCUT2D eigenvalue weighted by Crippen LogP contribution is -2.44. The van der Waals surface area contributed by atoms with Gasteiger partial charge in [-0.05, 0) is 43.4 Å². The number of nitrogens with zero attached hydrogens (tertiary/aromatic N) is 7. The molecule has 0 radical (unpaired) electrons. The number of anilines is 2. The van der Waals surface area contributed by atoms with E-state index >= 15 is 0 Å². The van der Waals surface area contributed by atoms with Gasteiger partial charge in [0.05, 0.1) is 5.69 Å². The van der Waals surface area contributed by atoms with Gasteiger partial charge in [-0.2, -0.15) is 15.5 Å². The molecule has 3 rings (SSSR count). The van der Waals surface area contributed by atoms with Gasteiger partial charge in [-0.3, -0.25) is 0 Å². The average molecular weight is 351 g/mol. The van der Waals surface area contributed by atoms with Crippen molar-refractivity contribution < 1.29 is 0 Å². The summed E-state index contributed by atoms with van der Waals surface area (Å²) in [6, 6.07) is 6.67. The first kappa shape index (κ1) is 18.1. The Morgan fingerprint density at radius 3 is 2.54 bits per heavy atom. The Morgan fingerprint density at radius 1 is 1.19 bits per heavy atom. The molecule has 0 aromatic carbocycles. The summed E-state index contributed by atoms with van der Waals surface area (Å²) in [6.07, 6.45) is 5.26. The average Bonchev–Trinajstić information content (AvgIpc) is 2.72. The Morgan fingerprint density at radius 2 is 1.96 bits per heavy atom. The molecule has 136 valence electrons. The molecule has 2 aromatic heterocycles. The predicted molar refractivity (Wildman–Crippen MR) is 101 cm³/mol. The summed E-state index contributed by atoms with van der Waals surface area (Å²) in [4.78, 5) is 4.39. The van der Waals surface area contributed by atoms with Crippen LogP contribution in [0.15, 0.2) is 18.3 Å². The standard InChI is InChI=1S/C19H25N7/c1-4-15-16(13-20)19(24-22-17(15)5-2)26-11-8-14(9-12-26)25(3)18-7-6-10-21-23-18/h6-7,10,14H,4-5,8-9,11-12H2,1-3H3. The van der Waals surface area contributed by atoms with Crippen LogP contribution in [0.1, 0.15) is 43.5 Å². The zero-order valence-corrected chi connectivity index (χ0v) is 15.7. The molecule has 0 saturated carbocycles. The Balaban J connectivity index is 1.75. The molecule has 7 nitrogen and oxygen atoms in total. The third-order valence-electron chi connectivity index (χ3n) is 5.17. The van der Waals surface area contributed by atoms with Crippen molar-refractivity contribution in [1.29, 1.82) is 5.26 Å². The van der Waals surface area contributed by atoms with Crippen LogP contribution in [-0.4, -0.2) is 46.6 Å². The minimum atomic E-state index is 0.405. The van der Waals surface area contributed by atoms with Crippen molar-refractivity contribution in [1.82, 2.24) is 20.4 Å². The van der Waals surface area contributed by atoms with Crippen LogP contribution in [-0.2, 0) is 12.8 Å². The number of rotatable bonds is 5. The van der Waals surface area contributed by atoms with Crippen molar-refractivity contribution in [3.63, 3.8) is 0 Å². The maximum Gasteiger partial charge on any atom is 0.169 e. The maximum atomic E-state index is 9.70. The van der Waals surface area contributed by atoms with Crippen molar-refractivity contribution in [2.24, 2.45) is 0 Å². The monoisotopic (exact) mass is 351 g/mol. The van der Waals surface area contributed by atoms with Crippen molar-refractivity contribution in [2.45, 2.75) is 45.6 Å². The molecule has 1 aliphatic rings. The van der Waals surface area contributed by atoms with E-state index in [0.717, 1.165) is 61.7 Å². The van der Waals surface area contributed by atoms with Crippen molar-refractivity contribution >= 4 is 11.6 Å². The smallest absolute Gasteiger partial charge is 0.169 e. The molecule has 0 N–H and O–H groups in total. The molecule has 2 aromatic rings. The normalized spacial score (nSPS) is 14.9. The minimum absolute atomic E-state index is 0.405. The topological polar surface area (TPSA) is 81.8 Å². The quantitative estimate of drug-likeness (QED) is 0.818. The van der Waals surface area contributed by atoms with Crippen LogP contribution in [0.2, 0.25) is 0 Å². The van der Waals surface area contributed by atoms with E-state index in [-0.39, 0.29) is 0 Å². The van der Waals surface area contributed by atoms with Crippen molar-refractivity contribution in [3.8, 4) is 6.07 Å². The van der Waals surface area contributed by atoms with Crippen LogP contribution in [0.3, 0.4) is 0 Å². The molecule has 0 unspecified atom stereocenters. The van der Waals surface area contributed by atoms with Crippen LogP contribution in [0.25, 0.3) is 0 Å². The van der Waals surface area contributed by atoms with Crippen molar-refractivity contribution in [2.75, 3.05) is 29.9 Å². The summed E-state index contributed by atoms with van der Waals surface area (Å²) in [5, 5.41) is 26.6. The van der Waals surface area contributed by atoms with Gasteiger partial charge in [0.25, 0.3) is 0 Å². The Hall–Kier alpha value is -2.75. The van der Waals surface area contributed by atoms with Gasteiger partial charge >= 0.3 is 0 Å². The van der Waals surface area contributed by atoms with E-state index in [4.69, 9.17) is 0 Å². The van der Waals surface area contributed by atoms with Gasteiger partial charge in [0.1, 0.15) is 11.6 Å². The van der Waals surface area contributed by atoms with Gasteiger partial charge in [-0.1, -0.05) is 13.8 Å². The summed E-state index contributed by atoms with van der Waals surface area (Å²) >= 11 is 0. The molecule has 7 heteroatoms. The Labute approximate surface area is 154 Å². The number of hydrogen-bond donors (Lipinski definition) is 0. The van der Waals surface area contributed by atoms with E-state index < -0.39 is 0 Å². The number of aryl methyl sites for hydroxylation is 1. The lowest BCUT2D eigenvalue weighted by Gasteiger charge is -2.37. The second-order valence-electron chi connectivity index (χ2n) is 6.55. The third kappa shape index (κ3) is 3.45. The number of aromatic nitrogens is 4. The molecule has 0 spiro atoms. The molecule has 0 atom stereocenters. The molecule has 0 amide bonds. The Bertz CT molecular complexity index is 776. The number of nitriles is 1. The first-order chi connectivity index (χ1) is 12.7. The first-order valence-corrected chi connectivity index (χ1v) is 9.23. The van der Waals surface area contributed by atoms with Crippen LogP contribution in [0.4, 0.5) is 11.6 Å². The first-order valence-electron chi connectivity index (χ1n) is 9.23. The summed E-state index contributed by atoms with van der Waals surface area (Å²) in [6.45, 7) is 5.83. The molecule has 0 bridgehead atoms. The van der Waals surface area contributed by atoms with Gasteiger partial charge in [0.15, 0.2) is 11.6 Å². The minimum Gasteiger partial charge on any atom is -0.355 e. The predicted octanol–water partition coefficient (Wildman–Crippen LogP) is 2.37. The van der Waals surface area contributed by atoms with E-state index in [1.807, 2.05) is 12.1 Å². The van der Waals surface area contributed by atoms with Gasteiger partial charge in [0, 0.05) is 32.4 Å². The van der Waals surface area contributed by atoms with Crippen molar-refractivity contribution in [3.05, 3.63) is 35.2 Å². The van der Waals surface area contributed by atoms with E-state index in [0.29, 0.717) is 11.6 Å². The number of hydrogen-bond acceptors (Lipinski definition) is 7. The molecule has 1 aliphatic heterocycles. The highest BCUT2D eigenvalue weighted by Crippen LogP contribution is 2.27. The van der Waals surface area contributed by atoms with Gasteiger partial charge in [-0.15, -0.1) is 10.2 Å². The Kier molecular flexibility index (Phi) is 5.61. The van der Waals surface area contributed by atoms with Gasteiger partial charge < -0.3 is 9.80 Å². The zero-order chi connectivity index (χ0) is 18.5. The van der Waals surface area contributed by atoms with E-state index in [2.05, 4.69) is 57.2 Å². The lowest BCUT2D eigenvalue weighted by molar-refractivity contribution is 0.475. The summed E-state index contributed by atoms with van der Waals surface area (Å²) in [5.74, 6) is 1.63. The molecule has 3 heterocycles. The molecular weight excluding hydrogens is 326 g/mol. The molecular formula is C19H25N7. The fourth-order valence-electron chi connectivity index (χ4n) is 3.63. The van der Waals surface area contributed by atoms with E-state index in [9.17, 15) is 5.26 Å². The second-order valence-corrected chi connectivity index (χ2v) is 6.55. The third-order valence-corrected chi connectivity index (χ3v) is 5.17. The summed E-state index contributed by atoms with van der Waals surface area (Å²) < 4.78 is 0. The van der Waals surface area contributed by atoms with Crippen LogP contribution < -0.4 is 9.80 Å². The zero-order valence-electron chi connectivity index (χ0n) is 15.7. The van der Waals surface area contributed by atoms with E-state index in [1.54, 1.807) is 6.20 Å². The highest BCUT2D eigenvalue weighted by Gasteiger charge is 2.27. The lowest BCUT2D eigenvalue weighted by atomic mass is 10.0. The largest absolute Gasteiger partial charge is 0.355 e. The SMILES string of the molecule is CCc1nnc(N2CCC(N(C)c3cccnn3)CC2)c(C#N)c1CC. The molecule has 1 fully saturated rings. The second kappa shape index (κ2) is 8.09. The summed E-state index contributed by atoms with van der Waals surface area (Å²) in [5.41, 5.74) is 2.67. The summed E-state index contributed by atoms with van der Waals surface area (Å²) in [7, 11) is 2.07. The van der Waals surface area contributed by atoms with Crippen LogP contribution in [0, 0.1) is 11.3 Å². The fraction of sp³-hybridized carbons (Fsp3) is 0.526. The number of piperidine rings is 1.